The lowest BCUT2D eigenvalue weighted by Gasteiger charge is -2.35. The smallest absolute Gasteiger partial charge is 0.272 e. The second-order valence-electron chi connectivity index (χ2n) is 6.50. The third kappa shape index (κ3) is 5.15. The monoisotopic (exact) mass is 366 g/mol. The van der Waals surface area contributed by atoms with E-state index in [4.69, 9.17) is 5.73 Å². The summed E-state index contributed by atoms with van der Waals surface area (Å²) in [6.45, 7) is 0.499. The number of anilines is 1. The number of benzene rings is 1. The number of nitrogens with one attached hydrogen (secondary N) is 1. The number of nitrogens with zero attached hydrogens (tertiary/aromatic N) is 2. The molecule has 1 aliphatic rings. The number of piperidine rings is 1. The molecule has 1 fully saturated rings. The summed E-state index contributed by atoms with van der Waals surface area (Å²) in [6, 6.07) is 14.0. The SMILES string of the molecule is Nc1cccc(C(=O)N2C[C@H](O)C[C@H](NC(=O)/C=C/c3ccccc3)C2)n1. The summed E-state index contributed by atoms with van der Waals surface area (Å²) in [5.41, 5.74) is 6.77. The van der Waals surface area contributed by atoms with Crippen molar-refractivity contribution in [3.05, 3.63) is 65.9 Å². The van der Waals surface area contributed by atoms with E-state index in [2.05, 4.69) is 10.3 Å². The zero-order valence-electron chi connectivity index (χ0n) is 14.8. The van der Waals surface area contributed by atoms with E-state index in [-0.39, 0.29) is 35.9 Å². The van der Waals surface area contributed by atoms with Crippen LogP contribution in [0.2, 0.25) is 0 Å². The van der Waals surface area contributed by atoms with E-state index >= 15 is 0 Å². The molecule has 3 rings (SSSR count). The number of nitrogen functional groups attached to an aromatic ring is 1. The molecule has 27 heavy (non-hydrogen) atoms. The van der Waals surface area contributed by atoms with Crippen molar-refractivity contribution in [3.8, 4) is 0 Å². The highest BCUT2D eigenvalue weighted by molar-refractivity contribution is 5.93. The quantitative estimate of drug-likeness (QED) is 0.702. The number of hydrogen-bond donors (Lipinski definition) is 3. The van der Waals surface area contributed by atoms with Gasteiger partial charge in [0.2, 0.25) is 5.91 Å². The number of carbonyl (C=O) groups is 2. The van der Waals surface area contributed by atoms with Crippen LogP contribution in [0.25, 0.3) is 6.08 Å². The molecule has 1 saturated heterocycles. The molecule has 0 bridgehead atoms. The number of pyridine rings is 1. The van der Waals surface area contributed by atoms with Gasteiger partial charge in [0, 0.05) is 25.2 Å². The van der Waals surface area contributed by atoms with E-state index in [0.29, 0.717) is 13.0 Å². The van der Waals surface area contributed by atoms with Gasteiger partial charge in [-0.25, -0.2) is 4.98 Å². The highest BCUT2D eigenvalue weighted by Crippen LogP contribution is 2.14. The standard InChI is InChI=1S/C20H22N4O3/c21-18-8-4-7-17(23-18)20(27)24-12-15(11-16(25)13-24)22-19(26)10-9-14-5-2-1-3-6-14/h1-10,15-16,25H,11-13H2,(H2,21,23)(H,22,26)/b10-9+/t15-,16+/m0/s1. The van der Waals surface area contributed by atoms with Crippen molar-refractivity contribution in [2.45, 2.75) is 18.6 Å². The van der Waals surface area contributed by atoms with Crippen molar-refractivity contribution in [3.63, 3.8) is 0 Å². The number of amides is 2. The Hall–Kier alpha value is -3.19. The zero-order chi connectivity index (χ0) is 19.2. The summed E-state index contributed by atoms with van der Waals surface area (Å²) < 4.78 is 0. The van der Waals surface area contributed by atoms with Gasteiger partial charge in [0.25, 0.3) is 5.91 Å². The van der Waals surface area contributed by atoms with Crippen LogP contribution in [0, 0.1) is 0 Å². The number of aromatic nitrogens is 1. The summed E-state index contributed by atoms with van der Waals surface area (Å²) in [5, 5.41) is 13.0. The molecule has 4 N–H and O–H groups in total. The number of hydrogen-bond acceptors (Lipinski definition) is 5. The van der Waals surface area contributed by atoms with Crippen molar-refractivity contribution >= 4 is 23.7 Å². The molecule has 2 aromatic rings. The second-order valence-corrected chi connectivity index (χ2v) is 6.50. The number of rotatable bonds is 4. The Morgan fingerprint density at radius 2 is 1.93 bits per heavy atom. The molecule has 0 saturated carbocycles. The van der Waals surface area contributed by atoms with E-state index in [9.17, 15) is 14.7 Å². The number of likely N-dealkylation sites (tertiary alicyclic amines) is 1. The molecule has 7 heteroatoms. The normalized spacial score (nSPS) is 19.8. The van der Waals surface area contributed by atoms with Gasteiger partial charge in [0.1, 0.15) is 11.5 Å². The fraction of sp³-hybridized carbons (Fsp3) is 0.250. The van der Waals surface area contributed by atoms with Crippen LogP contribution in [0.3, 0.4) is 0 Å². The molecule has 1 aromatic heterocycles. The first-order chi connectivity index (χ1) is 13.0. The van der Waals surface area contributed by atoms with Crippen molar-refractivity contribution in [1.29, 1.82) is 0 Å². The van der Waals surface area contributed by atoms with Crippen molar-refractivity contribution in [2.75, 3.05) is 18.8 Å². The minimum Gasteiger partial charge on any atom is -0.391 e. The first kappa shape index (κ1) is 18.6. The maximum atomic E-state index is 12.6. The summed E-state index contributed by atoms with van der Waals surface area (Å²) >= 11 is 0. The van der Waals surface area contributed by atoms with Crippen LogP contribution >= 0.6 is 0 Å². The van der Waals surface area contributed by atoms with Crippen LogP contribution in [0.4, 0.5) is 5.82 Å². The number of aliphatic hydroxyl groups excluding tert-OH is 1. The van der Waals surface area contributed by atoms with E-state index in [1.54, 1.807) is 24.3 Å². The lowest BCUT2D eigenvalue weighted by molar-refractivity contribution is -0.117. The second kappa shape index (κ2) is 8.46. The average molecular weight is 366 g/mol. The molecule has 7 nitrogen and oxygen atoms in total. The van der Waals surface area contributed by atoms with Crippen LogP contribution in [-0.4, -0.2) is 52.0 Å². The number of aliphatic hydroxyl groups is 1. The predicted octanol–water partition coefficient (Wildman–Crippen LogP) is 1.07. The van der Waals surface area contributed by atoms with Gasteiger partial charge in [-0.15, -0.1) is 0 Å². The first-order valence-electron chi connectivity index (χ1n) is 8.75. The van der Waals surface area contributed by atoms with Gasteiger partial charge in [-0.05, 0) is 30.2 Å². The first-order valence-corrected chi connectivity index (χ1v) is 8.75. The van der Waals surface area contributed by atoms with Crippen molar-refractivity contribution < 1.29 is 14.7 Å². The van der Waals surface area contributed by atoms with Gasteiger partial charge in [0.05, 0.1) is 6.10 Å². The Morgan fingerprint density at radius 3 is 2.67 bits per heavy atom. The average Bonchev–Trinajstić information content (AvgIpc) is 2.66. The lowest BCUT2D eigenvalue weighted by Crippen LogP contribution is -2.54. The molecule has 0 radical (unpaired) electrons. The molecule has 2 atom stereocenters. The molecule has 0 spiro atoms. The molecular weight excluding hydrogens is 344 g/mol. The van der Waals surface area contributed by atoms with E-state index < -0.39 is 6.10 Å². The summed E-state index contributed by atoms with van der Waals surface area (Å²) in [7, 11) is 0. The molecule has 1 aliphatic heterocycles. The molecule has 0 aliphatic carbocycles. The van der Waals surface area contributed by atoms with Gasteiger partial charge >= 0.3 is 0 Å². The molecule has 140 valence electrons. The van der Waals surface area contributed by atoms with Crippen LogP contribution in [0.1, 0.15) is 22.5 Å². The fourth-order valence-electron chi connectivity index (χ4n) is 3.06. The number of β-amino-alcohol motifs (C(OH)–C–C–N with tert-alkyl or cyclic N) is 1. The highest BCUT2D eigenvalue weighted by Gasteiger charge is 2.30. The van der Waals surface area contributed by atoms with Gasteiger partial charge in [-0.3, -0.25) is 9.59 Å². The number of carbonyl (C=O) groups excluding carboxylic acids is 2. The fourth-order valence-corrected chi connectivity index (χ4v) is 3.06. The number of nitrogens with two attached hydrogens (primary N) is 1. The topological polar surface area (TPSA) is 109 Å². The van der Waals surface area contributed by atoms with Gasteiger partial charge < -0.3 is 21.1 Å². The van der Waals surface area contributed by atoms with E-state index in [0.717, 1.165) is 5.56 Å². The Morgan fingerprint density at radius 1 is 1.15 bits per heavy atom. The summed E-state index contributed by atoms with van der Waals surface area (Å²) in [4.78, 5) is 30.3. The molecular formula is C20H22N4O3. The lowest BCUT2D eigenvalue weighted by atomic mass is 10.0. The maximum absolute atomic E-state index is 12.6. The Labute approximate surface area is 157 Å². The maximum Gasteiger partial charge on any atom is 0.272 e. The predicted molar refractivity (Wildman–Crippen MR) is 103 cm³/mol. The van der Waals surface area contributed by atoms with Crippen molar-refractivity contribution in [1.82, 2.24) is 15.2 Å². The van der Waals surface area contributed by atoms with E-state index in [1.807, 2.05) is 30.3 Å². The van der Waals surface area contributed by atoms with Crippen LogP contribution in [-0.2, 0) is 4.79 Å². The molecule has 2 amide bonds. The zero-order valence-corrected chi connectivity index (χ0v) is 14.8. The Balaban J connectivity index is 1.62. The van der Waals surface area contributed by atoms with Gasteiger partial charge in [-0.2, -0.15) is 0 Å². The summed E-state index contributed by atoms with van der Waals surface area (Å²) in [5.74, 6) is -0.332. The van der Waals surface area contributed by atoms with Gasteiger partial charge in [0.15, 0.2) is 0 Å². The van der Waals surface area contributed by atoms with Crippen molar-refractivity contribution in [2.24, 2.45) is 0 Å². The molecule has 0 unspecified atom stereocenters. The Kier molecular flexibility index (Phi) is 5.83. The minimum atomic E-state index is -0.716. The van der Waals surface area contributed by atoms with Crippen LogP contribution < -0.4 is 11.1 Å². The van der Waals surface area contributed by atoms with Crippen LogP contribution in [0.15, 0.2) is 54.6 Å². The molecule has 1 aromatic carbocycles. The Bertz CT molecular complexity index is 838. The largest absolute Gasteiger partial charge is 0.391 e. The van der Waals surface area contributed by atoms with E-state index in [1.165, 1.54) is 11.0 Å². The minimum absolute atomic E-state index is 0.196. The molecule has 2 heterocycles. The highest BCUT2D eigenvalue weighted by atomic mass is 16.3. The van der Waals surface area contributed by atoms with Gasteiger partial charge in [-0.1, -0.05) is 36.4 Å². The third-order valence-corrected chi connectivity index (χ3v) is 4.28. The third-order valence-electron chi connectivity index (χ3n) is 4.28. The van der Waals surface area contributed by atoms with Crippen LogP contribution in [0.5, 0.6) is 0 Å². The summed E-state index contributed by atoms with van der Waals surface area (Å²) in [6.07, 6.45) is 2.84.